The maximum absolute atomic E-state index is 6.00. The van der Waals surface area contributed by atoms with Gasteiger partial charge in [-0.15, -0.1) is 0 Å². The van der Waals surface area contributed by atoms with Crippen LogP contribution in [-0.2, 0) is 4.74 Å². The number of hydrogen-bond donors (Lipinski definition) is 1. The summed E-state index contributed by atoms with van der Waals surface area (Å²) in [6.45, 7) is 12.6. The topological polar surface area (TPSA) is 24.5 Å². The number of nitrogens with zero attached hydrogens (tertiary/aromatic N) is 1. The van der Waals surface area contributed by atoms with Crippen molar-refractivity contribution in [1.82, 2.24) is 10.2 Å². The highest BCUT2D eigenvalue weighted by molar-refractivity contribution is 4.91. The van der Waals surface area contributed by atoms with Gasteiger partial charge in [-0.2, -0.15) is 0 Å². The Bertz CT molecular complexity index is 287. The van der Waals surface area contributed by atoms with Gasteiger partial charge in [-0.25, -0.2) is 0 Å². The van der Waals surface area contributed by atoms with Crippen LogP contribution < -0.4 is 5.32 Å². The molecule has 1 saturated heterocycles. The van der Waals surface area contributed by atoms with E-state index in [1.807, 2.05) is 0 Å². The van der Waals surface area contributed by atoms with Crippen molar-refractivity contribution in [2.75, 3.05) is 32.8 Å². The van der Waals surface area contributed by atoms with Crippen LogP contribution in [0.5, 0.6) is 0 Å². The molecule has 2 aliphatic rings. The third-order valence-electron chi connectivity index (χ3n) is 5.13. The SMILES string of the molecule is CCCOC1CCCN(CC2(CNC(C)C)CCCC2)C1. The van der Waals surface area contributed by atoms with Crippen LogP contribution in [0.1, 0.15) is 65.7 Å². The monoisotopic (exact) mass is 296 g/mol. The van der Waals surface area contributed by atoms with Crippen LogP contribution in [0.15, 0.2) is 0 Å². The molecule has 21 heavy (non-hydrogen) atoms. The maximum atomic E-state index is 6.00. The Labute approximate surface area is 131 Å². The third-order valence-corrected chi connectivity index (χ3v) is 5.13. The smallest absolute Gasteiger partial charge is 0.0702 e. The summed E-state index contributed by atoms with van der Waals surface area (Å²) in [7, 11) is 0. The molecule has 0 aromatic carbocycles. The number of hydrogen-bond acceptors (Lipinski definition) is 3. The summed E-state index contributed by atoms with van der Waals surface area (Å²) in [5.74, 6) is 0. The van der Waals surface area contributed by atoms with E-state index in [0.717, 1.165) is 19.6 Å². The minimum atomic E-state index is 0.482. The molecule has 0 aromatic heterocycles. The molecular weight excluding hydrogens is 260 g/mol. The molecule has 3 nitrogen and oxygen atoms in total. The van der Waals surface area contributed by atoms with Crippen molar-refractivity contribution >= 4 is 0 Å². The van der Waals surface area contributed by atoms with E-state index in [4.69, 9.17) is 4.74 Å². The number of likely N-dealkylation sites (tertiary alicyclic amines) is 1. The van der Waals surface area contributed by atoms with Gasteiger partial charge < -0.3 is 15.0 Å². The Balaban J connectivity index is 1.84. The zero-order valence-electron chi connectivity index (χ0n) is 14.5. The van der Waals surface area contributed by atoms with E-state index in [0.29, 0.717) is 17.6 Å². The predicted octanol–water partition coefficient (Wildman–Crippen LogP) is 3.44. The average molecular weight is 296 g/mol. The quantitative estimate of drug-likeness (QED) is 0.742. The van der Waals surface area contributed by atoms with E-state index < -0.39 is 0 Å². The Morgan fingerprint density at radius 2 is 2.00 bits per heavy atom. The normalized spacial score (nSPS) is 26.6. The van der Waals surface area contributed by atoms with Crippen LogP contribution in [0.4, 0.5) is 0 Å². The first-order valence-corrected chi connectivity index (χ1v) is 9.21. The Morgan fingerprint density at radius 1 is 1.24 bits per heavy atom. The van der Waals surface area contributed by atoms with Crippen LogP contribution in [0.3, 0.4) is 0 Å². The van der Waals surface area contributed by atoms with Crippen LogP contribution in [-0.4, -0.2) is 49.8 Å². The highest BCUT2D eigenvalue weighted by Gasteiger charge is 2.36. The van der Waals surface area contributed by atoms with Gasteiger partial charge in [0.2, 0.25) is 0 Å². The zero-order chi connectivity index (χ0) is 15.1. The second kappa shape index (κ2) is 8.50. The van der Waals surface area contributed by atoms with Gasteiger partial charge in [-0.3, -0.25) is 0 Å². The number of piperidine rings is 1. The fraction of sp³-hybridized carbons (Fsp3) is 1.00. The van der Waals surface area contributed by atoms with Crippen molar-refractivity contribution in [3.05, 3.63) is 0 Å². The van der Waals surface area contributed by atoms with Gasteiger partial charge in [0, 0.05) is 32.3 Å². The van der Waals surface area contributed by atoms with Crippen LogP contribution >= 0.6 is 0 Å². The number of nitrogens with one attached hydrogen (secondary N) is 1. The fourth-order valence-corrected chi connectivity index (χ4v) is 3.99. The molecule has 0 spiro atoms. The predicted molar refractivity (Wildman–Crippen MR) is 89.7 cm³/mol. The number of ether oxygens (including phenoxy) is 1. The summed E-state index contributed by atoms with van der Waals surface area (Å²) >= 11 is 0. The first kappa shape index (κ1) is 17.2. The second-order valence-electron chi connectivity index (χ2n) is 7.61. The first-order valence-electron chi connectivity index (χ1n) is 9.21. The highest BCUT2D eigenvalue weighted by Crippen LogP contribution is 2.39. The largest absolute Gasteiger partial charge is 0.377 e. The van der Waals surface area contributed by atoms with Gasteiger partial charge in [-0.05, 0) is 44.1 Å². The number of rotatable bonds is 8. The molecule has 0 amide bonds. The summed E-state index contributed by atoms with van der Waals surface area (Å²) < 4.78 is 6.00. The van der Waals surface area contributed by atoms with Crippen molar-refractivity contribution in [2.45, 2.75) is 77.9 Å². The van der Waals surface area contributed by atoms with E-state index in [9.17, 15) is 0 Å². The lowest BCUT2D eigenvalue weighted by Gasteiger charge is -2.40. The summed E-state index contributed by atoms with van der Waals surface area (Å²) in [6.07, 6.45) is 9.84. The van der Waals surface area contributed by atoms with E-state index >= 15 is 0 Å². The van der Waals surface area contributed by atoms with Crippen LogP contribution in [0.2, 0.25) is 0 Å². The highest BCUT2D eigenvalue weighted by atomic mass is 16.5. The average Bonchev–Trinajstić information content (AvgIpc) is 2.92. The van der Waals surface area contributed by atoms with Crippen LogP contribution in [0.25, 0.3) is 0 Å². The molecule has 1 aliphatic carbocycles. The van der Waals surface area contributed by atoms with Crippen molar-refractivity contribution in [1.29, 1.82) is 0 Å². The molecule has 2 fully saturated rings. The third kappa shape index (κ3) is 5.54. The molecule has 1 N–H and O–H groups in total. The maximum Gasteiger partial charge on any atom is 0.0702 e. The molecule has 2 rings (SSSR count). The van der Waals surface area contributed by atoms with E-state index in [1.54, 1.807) is 0 Å². The molecule has 1 aliphatic heterocycles. The minimum Gasteiger partial charge on any atom is -0.377 e. The lowest BCUT2D eigenvalue weighted by molar-refractivity contribution is -0.0116. The van der Waals surface area contributed by atoms with E-state index in [1.165, 1.54) is 58.2 Å². The van der Waals surface area contributed by atoms with Crippen molar-refractivity contribution < 1.29 is 4.74 Å². The Morgan fingerprint density at radius 3 is 2.67 bits per heavy atom. The zero-order valence-corrected chi connectivity index (χ0v) is 14.5. The van der Waals surface area contributed by atoms with Gasteiger partial charge in [0.05, 0.1) is 6.10 Å². The van der Waals surface area contributed by atoms with E-state index in [-0.39, 0.29) is 0 Å². The molecule has 0 radical (unpaired) electrons. The van der Waals surface area contributed by atoms with Crippen molar-refractivity contribution in [2.24, 2.45) is 5.41 Å². The summed E-state index contributed by atoms with van der Waals surface area (Å²) in [5.41, 5.74) is 0.525. The Kier molecular flexibility index (Phi) is 6.97. The second-order valence-corrected chi connectivity index (χ2v) is 7.61. The molecule has 0 bridgehead atoms. The van der Waals surface area contributed by atoms with Gasteiger partial charge in [0.15, 0.2) is 0 Å². The molecule has 1 atom stereocenters. The molecule has 0 aromatic rings. The minimum absolute atomic E-state index is 0.482. The lowest BCUT2D eigenvalue weighted by atomic mass is 9.84. The van der Waals surface area contributed by atoms with Gasteiger partial charge in [-0.1, -0.05) is 33.6 Å². The molecule has 1 saturated carbocycles. The molecule has 124 valence electrons. The fourth-order valence-electron chi connectivity index (χ4n) is 3.99. The molecule has 1 heterocycles. The summed E-state index contributed by atoms with van der Waals surface area (Å²) in [4.78, 5) is 2.69. The van der Waals surface area contributed by atoms with Gasteiger partial charge >= 0.3 is 0 Å². The van der Waals surface area contributed by atoms with Crippen molar-refractivity contribution in [3.8, 4) is 0 Å². The summed E-state index contributed by atoms with van der Waals surface area (Å²) in [6, 6.07) is 0.601. The van der Waals surface area contributed by atoms with Gasteiger partial charge in [0.1, 0.15) is 0 Å². The molecule has 3 heteroatoms. The standard InChI is InChI=1S/C18H36N2O/c1-4-12-21-17-8-7-11-20(13-17)15-18(9-5-6-10-18)14-19-16(2)3/h16-17,19H,4-15H2,1-3H3. The molecular formula is C18H36N2O. The first-order chi connectivity index (χ1) is 10.1. The lowest BCUT2D eigenvalue weighted by Crippen LogP contribution is -2.48. The molecule has 1 unspecified atom stereocenters. The summed E-state index contributed by atoms with van der Waals surface area (Å²) in [5, 5.41) is 3.71. The Hall–Kier alpha value is -0.120. The van der Waals surface area contributed by atoms with Gasteiger partial charge in [0.25, 0.3) is 0 Å². The van der Waals surface area contributed by atoms with Crippen LogP contribution in [0, 0.1) is 5.41 Å². The van der Waals surface area contributed by atoms with Crippen molar-refractivity contribution in [3.63, 3.8) is 0 Å². The van der Waals surface area contributed by atoms with E-state index in [2.05, 4.69) is 31.0 Å².